The van der Waals surface area contributed by atoms with Crippen molar-refractivity contribution in [2.24, 2.45) is 0 Å². The fourth-order valence-electron chi connectivity index (χ4n) is 2.48. The Hall–Kier alpha value is -1.98. The summed E-state index contributed by atoms with van der Waals surface area (Å²) in [6.07, 6.45) is 3.07. The number of thioether (sulfide) groups is 1. The van der Waals surface area contributed by atoms with Crippen molar-refractivity contribution in [1.29, 1.82) is 0 Å². The van der Waals surface area contributed by atoms with Crippen molar-refractivity contribution in [1.82, 2.24) is 0 Å². The Morgan fingerprint density at radius 2 is 1.74 bits per heavy atom. The van der Waals surface area contributed by atoms with Gasteiger partial charge in [-0.15, -0.1) is 11.8 Å². The molecule has 2 rings (SSSR count). The van der Waals surface area contributed by atoms with Gasteiger partial charge in [0.15, 0.2) is 0 Å². The molecule has 0 bridgehead atoms. The molecule has 0 aromatic heterocycles. The Morgan fingerprint density at radius 3 is 2.41 bits per heavy atom. The summed E-state index contributed by atoms with van der Waals surface area (Å²) in [4.78, 5) is 25.4. The summed E-state index contributed by atoms with van der Waals surface area (Å²) in [5, 5.41) is 6.17. The summed E-state index contributed by atoms with van der Waals surface area (Å²) in [5.41, 5.74) is 1.44. The molecule has 4 nitrogen and oxygen atoms in total. The predicted octanol–water partition coefficient (Wildman–Crippen LogP) is 5.98. The van der Waals surface area contributed by atoms with Crippen molar-refractivity contribution in [3.8, 4) is 0 Å². The quantitative estimate of drug-likeness (QED) is 0.505. The highest BCUT2D eigenvalue weighted by molar-refractivity contribution is 8.00. The summed E-state index contributed by atoms with van der Waals surface area (Å²) < 4.78 is 0. The van der Waals surface area contributed by atoms with Crippen LogP contribution in [-0.2, 0) is 9.59 Å². The van der Waals surface area contributed by atoms with Gasteiger partial charge >= 0.3 is 0 Å². The van der Waals surface area contributed by atoms with Crippen LogP contribution < -0.4 is 10.6 Å². The molecule has 0 aliphatic rings. The molecule has 1 atom stereocenters. The number of hydrogen-bond acceptors (Lipinski definition) is 3. The van der Waals surface area contributed by atoms with Crippen molar-refractivity contribution >= 4 is 46.6 Å². The molecule has 144 valence electrons. The van der Waals surface area contributed by atoms with Gasteiger partial charge in [-0.25, -0.2) is 0 Å². The topological polar surface area (TPSA) is 58.2 Å². The van der Waals surface area contributed by atoms with Crippen LogP contribution in [-0.4, -0.2) is 17.1 Å². The van der Waals surface area contributed by atoms with Crippen molar-refractivity contribution in [3.63, 3.8) is 0 Å². The van der Waals surface area contributed by atoms with Crippen LogP contribution in [0.2, 0.25) is 5.02 Å². The van der Waals surface area contributed by atoms with Gasteiger partial charge in [-0.05, 0) is 49.2 Å². The first kappa shape index (κ1) is 21.3. The summed E-state index contributed by atoms with van der Waals surface area (Å²) in [7, 11) is 0. The standard InChI is InChI=1S/C21H25ClN2O2S/c1-3-5-12-20(25)23-17-10-7-11-18(14-17)27-19(4-2)21(26)24-16-9-6-8-15(22)13-16/h6-11,13-14,19H,3-5,12H2,1-2H3,(H,23,25)(H,24,26). The van der Waals surface area contributed by atoms with E-state index in [1.165, 1.54) is 11.8 Å². The van der Waals surface area contributed by atoms with Crippen LogP contribution in [0, 0.1) is 0 Å². The molecule has 0 aliphatic heterocycles. The number of nitrogens with one attached hydrogen (secondary N) is 2. The van der Waals surface area contributed by atoms with E-state index in [-0.39, 0.29) is 17.1 Å². The zero-order valence-corrected chi connectivity index (χ0v) is 17.2. The highest BCUT2D eigenvalue weighted by Gasteiger charge is 2.18. The van der Waals surface area contributed by atoms with E-state index >= 15 is 0 Å². The number of carbonyl (C=O) groups excluding carboxylic acids is 2. The zero-order chi connectivity index (χ0) is 19.6. The molecule has 0 spiro atoms. The molecule has 2 aromatic rings. The molecular weight excluding hydrogens is 380 g/mol. The Kier molecular flexibility index (Phi) is 8.69. The molecule has 6 heteroatoms. The smallest absolute Gasteiger partial charge is 0.237 e. The molecule has 0 saturated heterocycles. The van der Waals surface area contributed by atoms with Gasteiger partial charge in [0.2, 0.25) is 11.8 Å². The lowest BCUT2D eigenvalue weighted by Gasteiger charge is -2.15. The van der Waals surface area contributed by atoms with E-state index in [1.807, 2.05) is 37.3 Å². The number of anilines is 2. The van der Waals surface area contributed by atoms with Crippen LogP contribution in [0.1, 0.15) is 39.5 Å². The fraction of sp³-hybridized carbons (Fsp3) is 0.333. The number of amides is 2. The van der Waals surface area contributed by atoms with Gasteiger partial charge in [0.1, 0.15) is 0 Å². The van der Waals surface area contributed by atoms with Gasteiger partial charge < -0.3 is 10.6 Å². The summed E-state index contributed by atoms with van der Waals surface area (Å²) in [5.74, 6) is -0.0492. The van der Waals surface area contributed by atoms with Crippen LogP contribution in [0.3, 0.4) is 0 Å². The minimum absolute atomic E-state index is 0.0183. The van der Waals surface area contributed by atoms with Gasteiger partial charge in [-0.1, -0.05) is 44.0 Å². The van der Waals surface area contributed by atoms with E-state index in [4.69, 9.17) is 11.6 Å². The average Bonchev–Trinajstić information content (AvgIpc) is 2.64. The summed E-state index contributed by atoms with van der Waals surface area (Å²) in [6.45, 7) is 4.04. The Labute approximate surface area is 170 Å². The van der Waals surface area contributed by atoms with E-state index < -0.39 is 0 Å². The largest absolute Gasteiger partial charge is 0.326 e. The first-order valence-corrected chi connectivity index (χ1v) is 10.4. The molecule has 0 heterocycles. The van der Waals surface area contributed by atoms with Crippen molar-refractivity contribution in [3.05, 3.63) is 53.6 Å². The van der Waals surface area contributed by atoms with E-state index in [1.54, 1.807) is 18.2 Å². The first-order chi connectivity index (χ1) is 13.0. The third-order valence-corrected chi connectivity index (χ3v) is 5.50. The second-order valence-electron chi connectivity index (χ2n) is 6.19. The molecule has 27 heavy (non-hydrogen) atoms. The van der Waals surface area contributed by atoms with E-state index in [0.29, 0.717) is 23.6 Å². The molecule has 2 amide bonds. The highest BCUT2D eigenvalue weighted by atomic mass is 35.5. The van der Waals surface area contributed by atoms with Gasteiger partial charge in [-0.3, -0.25) is 9.59 Å². The number of rotatable bonds is 9. The van der Waals surface area contributed by atoms with Crippen LogP contribution >= 0.6 is 23.4 Å². The van der Waals surface area contributed by atoms with Gasteiger partial charge in [-0.2, -0.15) is 0 Å². The Morgan fingerprint density at radius 1 is 1.04 bits per heavy atom. The SMILES string of the molecule is CCCCC(=O)Nc1cccc(SC(CC)C(=O)Nc2cccc(Cl)c2)c1. The van der Waals surface area contributed by atoms with Gasteiger partial charge in [0.25, 0.3) is 0 Å². The fourth-order valence-corrected chi connectivity index (χ4v) is 3.69. The average molecular weight is 405 g/mol. The van der Waals surface area contributed by atoms with Gasteiger partial charge in [0.05, 0.1) is 5.25 Å². The minimum atomic E-state index is -0.241. The van der Waals surface area contributed by atoms with Gasteiger partial charge in [0, 0.05) is 27.7 Å². The van der Waals surface area contributed by atoms with Crippen LogP contribution in [0.15, 0.2) is 53.4 Å². The minimum Gasteiger partial charge on any atom is -0.326 e. The lowest BCUT2D eigenvalue weighted by Crippen LogP contribution is -2.24. The van der Waals surface area contributed by atoms with Crippen molar-refractivity contribution in [2.75, 3.05) is 10.6 Å². The number of halogens is 1. The van der Waals surface area contributed by atoms with E-state index in [9.17, 15) is 9.59 Å². The predicted molar refractivity (Wildman–Crippen MR) is 115 cm³/mol. The normalized spacial score (nSPS) is 11.7. The second-order valence-corrected chi connectivity index (χ2v) is 7.91. The van der Waals surface area contributed by atoms with Crippen molar-refractivity contribution in [2.45, 2.75) is 49.7 Å². The Bertz CT molecular complexity index is 782. The monoisotopic (exact) mass is 404 g/mol. The molecular formula is C21H25ClN2O2S. The highest BCUT2D eigenvalue weighted by Crippen LogP contribution is 2.29. The maximum Gasteiger partial charge on any atom is 0.237 e. The Balaban J connectivity index is 1.99. The maximum atomic E-state index is 12.6. The van der Waals surface area contributed by atoms with Crippen LogP contribution in [0.4, 0.5) is 11.4 Å². The second kappa shape index (κ2) is 11.0. The summed E-state index contributed by atoms with van der Waals surface area (Å²) >= 11 is 7.45. The summed E-state index contributed by atoms with van der Waals surface area (Å²) in [6, 6.07) is 14.7. The third-order valence-electron chi connectivity index (χ3n) is 3.91. The zero-order valence-electron chi connectivity index (χ0n) is 15.6. The lowest BCUT2D eigenvalue weighted by atomic mass is 10.2. The van der Waals surface area contributed by atoms with E-state index in [2.05, 4.69) is 17.6 Å². The van der Waals surface area contributed by atoms with Crippen LogP contribution in [0.25, 0.3) is 0 Å². The molecule has 0 radical (unpaired) electrons. The molecule has 2 aromatic carbocycles. The number of unbranched alkanes of at least 4 members (excludes halogenated alkanes) is 1. The lowest BCUT2D eigenvalue weighted by molar-refractivity contribution is -0.116. The molecule has 0 aliphatic carbocycles. The molecule has 0 fully saturated rings. The van der Waals surface area contributed by atoms with Crippen molar-refractivity contribution < 1.29 is 9.59 Å². The maximum absolute atomic E-state index is 12.6. The number of carbonyl (C=O) groups is 2. The first-order valence-electron chi connectivity index (χ1n) is 9.14. The van der Waals surface area contributed by atoms with E-state index in [0.717, 1.165) is 23.4 Å². The number of hydrogen-bond donors (Lipinski definition) is 2. The third kappa shape index (κ3) is 7.27. The number of benzene rings is 2. The molecule has 0 saturated carbocycles. The van der Waals surface area contributed by atoms with Crippen LogP contribution in [0.5, 0.6) is 0 Å². The molecule has 1 unspecified atom stereocenters. The molecule has 2 N–H and O–H groups in total.